The van der Waals surface area contributed by atoms with Crippen LogP contribution in [0.15, 0.2) is 121 Å². The van der Waals surface area contributed by atoms with Crippen LogP contribution in [0, 0.1) is 0 Å². The highest BCUT2D eigenvalue weighted by Gasteiger charge is 2.17. The molecule has 0 bridgehead atoms. The molecule has 0 saturated heterocycles. The first kappa shape index (κ1) is 17.0. The average molecular weight is 380 g/mol. The van der Waals surface area contributed by atoms with Crippen molar-refractivity contribution >= 4 is 32.3 Å². The van der Waals surface area contributed by atoms with Crippen molar-refractivity contribution in [3.63, 3.8) is 0 Å². The Kier molecular flexibility index (Phi) is 3.89. The van der Waals surface area contributed by atoms with Crippen molar-refractivity contribution in [1.82, 2.24) is 0 Å². The minimum absolute atomic E-state index is 1.25. The third-order valence-corrected chi connectivity index (χ3v) is 6.02. The van der Waals surface area contributed by atoms with Gasteiger partial charge in [0.2, 0.25) is 0 Å². The van der Waals surface area contributed by atoms with Gasteiger partial charge in [-0.05, 0) is 66.7 Å². The van der Waals surface area contributed by atoms with E-state index in [0.717, 1.165) is 0 Å². The van der Waals surface area contributed by atoms with Crippen LogP contribution in [0.3, 0.4) is 0 Å². The monoisotopic (exact) mass is 380 g/mol. The molecule has 0 amide bonds. The average Bonchev–Trinajstić information content (AvgIpc) is 2.83. The van der Waals surface area contributed by atoms with Crippen LogP contribution in [0.25, 0.3) is 54.6 Å². The summed E-state index contributed by atoms with van der Waals surface area (Å²) >= 11 is 0. The number of rotatable bonds is 2. The fourth-order valence-electron chi connectivity index (χ4n) is 4.68. The number of hydrogen-bond donors (Lipinski definition) is 0. The minimum Gasteiger partial charge on any atom is -0.0622 e. The number of benzene rings is 6. The summed E-state index contributed by atoms with van der Waals surface area (Å²) in [5.74, 6) is 0. The first-order valence-corrected chi connectivity index (χ1v) is 10.4. The van der Waals surface area contributed by atoms with E-state index in [1.54, 1.807) is 0 Å². The van der Waals surface area contributed by atoms with Gasteiger partial charge in [0.15, 0.2) is 0 Å². The van der Waals surface area contributed by atoms with Crippen LogP contribution in [0.2, 0.25) is 0 Å². The summed E-state index contributed by atoms with van der Waals surface area (Å²) in [6, 6.07) is 43.8. The molecule has 0 aliphatic carbocycles. The van der Waals surface area contributed by atoms with Crippen LogP contribution in [0.4, 0.5) is 0 Å². The highest BCUT2D eigenvalue weighted by atomic mass is 14.2. The van der Waals surface area contributed by atoms with E-state index in [1.165, 1.54) is 54.6 Å². The molecule has 30 heavy (non-hydrogen) atoms. The number of hydrogen-bond acceptors (Lipinski definition) is 0. The van der Waals surface area contributed by atoms with Crippen LogP contribution in [0.5, 0.6) is 0 Å². The van der Waals surface area contributed by atoms with Gasteiger partial charge in [-0.1, -0.05) is 109 Å². The molecular weight excluding hydrogens is 360 g/mol. The van der Waals surface area contributed by atoms with Gasteiger partial charge in [-0.15, -0.1) is 0 Å². The van der Waals surface area contributed by atoms with Crippen molar-refractivity contribution < 1.29 is 0 Å². The van der Waals surface area contributed by atoms with E-state index in [-0.39, 0.29) is 0 Å². The molecule has 0 aliphatic heterocycles. The Morgan fingerprint density at radius 2 is 0.733 bits per heavy atom. The van der Waals surface area contributed by atoms with Crippen LogP contribution in [-0.2, 0) is 0 Å². The molecule has 6 rings (SSSR count). The summed E-state index contributed by atoms with van der Waals surface area (Å²) < 4.78 is 0. The third-order valence-electron chi connectivity index (χ3n) is 6.02. The maximum Gasteiger partial charge on any atom is -0.00201 e. The Morgan fingerprint density at radius 1 is 0.300 bits per heavy atom. The summed E-state index contributed by atoms with van der Waals surface area (Å²) in [4.78, 5) is 0. The smallest absolute Gasteiger partial charge is 0.00201 e. The summed E-state index contributed by atoms with van der Waals surface area (Å²) in [7, 11) is 0. The molecule has 6 aromatic carbocycles. The predicted molar refractivity (Wildman–Crippen MR) is 130 cm³/mol. The van der Waals surface area contributed by atoms with Gasteiger partial charge in [-0.25, -0.2) is 0 Å². The van der Waals surface area contributed by atoms with Crippen LogP contribution < -0.4 is 0 Å². The normalized spacial score (nSPS) is 11.3. The number of fused-ring (bicyclic) bond motifs is 4. The molecule has 0 heterocycles. The lowest BCUT2D eigenvalue weighted by molar-refractivity contribution is 1.63. The largest absolute Gasteiger partial charge is 0.0622 e. The lowest BCUT2D eigenvalue weighted by Gasteiger charge is -2.19. The maximum atomic E-state index is 2.37. The lowest BCUT2D eigenvalue weighted by atomic mass is 9.84. The molecule has 140 valence electrons. The standard InChI is InChI=1S/C30H20/c1-3-11-21(12-4-1)29-26-18-10-9-17-25(26)27-19-23-15-7-8-16-24(23)20-28(27)30(29)22-13-5-2-6-14-22/h1-20H. The van der Waals surface area contributed by atoms with Crippen molar-refractivity contribution in [2.75, 3.05) is 0 Å². The van der Waals surface area contributed by atoms with E-state index in [9.17, 15) is 0 Å². The zero-order valence-electron chi connectivity index (χ0n) is 16.5. The molecule has 0 heteroatoms. The summed E-state index contributed by atoms with van der Waals surface area (Å²) in [5, 5.41) is 7.76. The molecule has 0 fully saturated rings. The van der Waals surface area contributed by atoms with Gasteiger partial charge in [0.1, 0.15) is 0 Å². The van der Waals surface area contributed by atoms with Crippen molar-refractivity contribution in [2.24, 2.45) is 0 Å². The highest BCUT2D eigenvalue weighted by molar-refractivity contribution is 6.23. The molecule has 0 unspecified atom stereocenters. The predicted octanol–water partition coefficient (Wildman–Crippen LogP) is 8.48. The second-order valence-electron chi connectivity index (χ2n) is 7.77. The summed E-state index contributed by atoms with van der Waals surface area (Å²) in [5.41, 5.74) is 5.12. The molecule has 0 aromatic heterocycles. The molecule has 0 atom stereocenters. The van der Waals surface area contributed by atoms with Crippen molar-refractivity contribution in [3.8, 4) is 22.3 Å². The topological polar surface area (TPSA) is 0 Å². The van der Waals surface area contributed by atoms with E-state index in [0.29, 0.717) is 0 Å². The fourth-order valence-corrected chi connectivity index (χ4v) is 4.68. The summed E-state index contributed by atoms with van der Waals surface area (Å²) in [6.07, 6.45) is 0. The third kappa shape index (κ3) is 2.62. The van der Waals surface area contributed by atoms with E-state index in [2.05, 4.69) is 121 Å². The van der Waals surface area contributed by atoms with Gasteiger partial charge < -0.3 is 0 Å². The first-order chi connectivity index (χ1) is 14.9. The Bertz CT molecular complexity index is 1510. The zero-order chi connectivity index (χ0) is 19.9. The van der Waals surface area contributed by atoms with Gasteiger partial charge in [0, 0.05) is 0 Å². The molecule has 6 aromatic rings. The molecule has 0 spiro atoms. The molecular formula is C30H20. The molecule has 0 nitrogen and oxygen atoms in total. The van der Waals surface area contributed by atoms with Gasteiger partial charge in [0.05, 0.1) is 0 Å². The molecule has 0 aliphatic rings. The highest BCUT2D eigenvalue weighted by Crippen LogP contribution is 2.45. The maximum absolute atomic E-state index is 2.37. The Labute approximate surface area is 176 Å². The Balaban J connectivity index is 1.91. The van der Waals surface area contributed by atoms with E-state index in [4.69, 9.17) is 0 Å². The van der Waals surface area contributed by atoms with Gasteiger partial charge in [-0.2, -0.15) is 0 Å². The van der Waals surface area contributed by atoms with Gasteiger partial charge in [-0.3, -0.25) is 0 Å². The fraction of sp³-hybridized carbons (Fsp3) is 0. The van der Waals surface area contributed by atoms with E-state index in [1.807, 2.05) is 0 Å². The van der Waals surface area contributed by atoms with Gasteiger partial charge in [0.25, 0.3) is 0 Å². The molecule has 0 saturated carbocycles. The lowest BCUT2D eigenvalue weighted by Crippen LogP contribution is -1.92. The SMILES string of the molecule is c1ccc(-c2c(-c3ccccc3)c3cc4ccccc4cc3c3ccccc23)cc1. The van der Waals surface area contributed by atoms with E-state index >= 15 is 0 Å². The van der Waals surface area contributed by atoms with Crippen molar-refractivity contribution in [1.29, 1.82) is 0 Å². The Morgan fingerprint density at radius 3 is 1.33 bits per heavy atom. The molecule has 0 radical (unpaired) electrons. The first-order valence-electron chi connectivity index (χ1n) is 10.4. The second-order valence-corrected chi connectivity index (χ2v) is 7.77. The Hall–Kier alpha value is -3.90. The van der Waals surface area contributed by atoms with Crippen LogP contribution in [-0.4, -0.2) is 0 Å². The second kappa shape index (κ2) is 6.86. The minimum atomic E-state index is 1.25. The van der Waals surface area contributed by atoms with Crippen LogP contribution in [0.1, 0.15) is 0 Å². The van der Waals surface area contributed by atoms with Crippen molar-refractivity contribution in [3.05, 3.63) is 121 Å². The zero-order valence-corrected chi connectivity index (χ0v) is 16.5. The summed E-state index contributed by atoms with van der Waals surface area (Å²) in [6.45, 7) is 0. The van der Waals surface area contributed by atoms with E-state index < -0.39 is 0 Å². The van der Waals surface area contributed by atoms with Gasteiger partial charge >= 0.3 is 0 Å². The van der Waals surface area contributed by atoms with Crippen LogP contribution >= 0.6 is 0 Å². The van der Waals surface area contributed by atoms with Crippen molar-refractivity contribution in [2.45, 2.75) is 0 Å². The quantitative estimate of drug-likeness (QED) is 0.209. The molecule has 0 N–H and O–H groups in total.